The van der Waals surface area contributed by atoms with Crippen molar-refractivity contribution in [2.75, 3.05) is 24.7 Å². The van der Waals surface area contributed by atoms with Crippen molar-refractivity contribution in [3.8, 4) is 0 Å². The molecule has 1 heterocycles. The van der Waals surface area contributed by atoms with Crippen LogP contribution in [0.5, 0.6) is 0 Å². The van der Waals surface area contributed by atoms with Gasteiger partial charge in [0.1, 0.15) is 11.0 Å². The summed E-state index contributed by atoms with van der Waals surface area (Å²) in [5.74, 6) is -4.18. The minimum Gasteiger partial charge on any atom is -0.465 e. The van der Waals surface area contributed by atoms with Crippen LogP contribution in [0.4, 0.5) is 10.5 Å². The minimum atomic E-state index is -2.38. The number of amides is 2. The zero-order valence-electron chi connectivity index (χ0n) is 21.6. The average Bonchev–Trinajstić information content (AvgIpc) is 3.28. The number of halogens is 1. The van der Waals surface area contributed by atoms with Gasteiger partial charge in [0, 0.05) is 5.02 Å². The Morgan fingerprint density at radius 3 is 2.05 bits per heavy atom. The van der Waals surface area contributed by atoms with E-state index in [4.69, 9.17) is 30.5 Å². The number of carbonyl (C=O) groups is 5. The lowest BCUT2D eigenvalue weighted by Gasteiger charge is -2.39. The first kappa shape index (κ1) is 28.2. The van der Waals surface area contributed by atoms with Crippen molar-refractivity contribution in [2.45, 2.75) is 59.0 Å². The molecule has 10 nitrogen and oxygen atoms in total. The van der Waals surface area contributed by atoms with E-state index in [1.165, 1.54) is 38.1 Å². The Hall–Kier alpha value is -3.40. The molecule has 1 spiro atoms. The first-order chi connectivity index (χ1) is 17.3. The Balaban J connectivity index is 2.45. The fraction of sp³-hybridized carbons (Fsp3) is 0.500. The van der Waals surface area contributed by atoms with Crippen molar-refractivity contribution in [3.05, 3.63) is 40.4 Å². The van der Waals surface area contributed by atoms with Gasteiger partial charge in [-0.05, 0) is 71.7 Å². The van der Waals surface area contributed by atoms with Crippen LogP contribution in [0, 0.1) is 5.41 Å². The quantitative estimate of drug-likeness (QED) is 0.303. The number of fused-ring (bicyclic) bond motifs is 2. The normalized spacial score (nSPS) is 19.8. The highest BCUT2D eigenvalue weighted by molar-refractivity contribution is 6.33. The van der Waals surface area contributed by atoms with Crippen molar-refractivity contribution in [1.82, 2.24) is 0 Å². The van der Waals surface area contributed by atoms with E-state index >= 15 is 0 Å². The van der Waals surface area contributed by atoms with Crippen molar-refractivity contribution in [2.24, 2.45) is 5.41 Å². The number of hydrogen-bond acceptors (Lipinski definition) is 9. The molecule has 0 aromatic heterocycles. The molecule has 0 bridgehead atoms. The first-order valence-electron chi connectivity index (χ1n) is 11.9. The van der Waals surface area contributed by atoms with Crippen LogP contribution in [0.15, 0.2) is 29.8 Å². The highest BCUT2D eigenvalue weighted by atomic mass is 35.5. The summed E-state index contributed by atoms with van der Waals surface area (Å²) < 4.78 is 21.3. The fourth-order valence-electron chi connectivity index (χ4n) is 4.86. The van der Waals surface area contributed by atoms with Crippen LogP contribution in [0.1, 0.15) is 53.5 Å². The molecule has 1 aliphatic heterocycles. The molecular formula is C26H30ClNO9. The molecule has 11 heteroatoms. The second kappa shape index (κ2) is 10.2. The molecule has 37 heavy (non-hydrogen) atoms. The maximum Gasteiger partial charge on any atom is 0.421 e. The molecule has 3 rings (SSSR count). The van der Waals surface area contributed by atoms with Gasteiger partial charge in [0.2, 0.25) is 0 Å². The van der Waals surface area contributed by atoms with Crippen LogP contribution in [0.2, 0.25) is 5.02 Å². The lowest BCUT2D eigenvalue weighted by atomic mass is 9.59. The molecule has 1 aromatic carbocycles. The predicted octanol–water partition coefficient (Wildman–Crippen LogP) is 3.87. The summed E-state index contributed by atoms with van der Waals surface area (Å²) >= 11 is 6.32. The maximum atomic E-state index is 14.5. The summed E-state index contributed by atoms with van der Waals surface area (Å²) in [4.78, 5) is 69.2. The Kier molecular flexibility index (Phi) is 7.74. The molecule has 0 N–H and O–H groups in total. The Morgan fingerprint density at radius 1 is 0.973 bits per heavy atom. The summed E-state index contributed by atoms with van der Waals surface area (Å²) in [5, 5.41) is 0.133. The Morgan fingerprint density at radius 2 is 1.54 bits per heavy atom. The summed E-state index contributed by atoms with van der Waals surface area (Å²) in [7, 11) is 0. The topological polar surface area (TPSA) is 126 Å². The van der Waals surface area contributed by atoms with Gasteiger partial charge in [0.25, 0.3) is 5.91 Å². The lowest BCUT2D eigenvalue weighted by Crippen LogP contribution is -2.61. The number of rotatable bonds is 6. The number of esters is 3. The fourth-order valence-corrected chi connectivity index (χ4v) is 5.03. The van der Waals surface area contributed by atoms with Crippen LogP contribution in [-0.4, -0.2) is 55.3 Å². The second-order valence-electron chi connectivity index (χ2n) is 9.42. The summed E-state index contributed by atoms with van der Waals surface area (Å²) in [6, 6.07) is 4.16. The highest BCUT2D eigenvalue weighted by Crippen LogP contribution is 2.62. The second-order valence-corrected chi connectivity index (χ2v) is 9.86. The lowest BCUT2D eigenvalue weighted by molar-refractivity contribution is -0.178. The molecule has 200 valence electrons. The van der Waals surface area contributed by atoms with E-state index in [1.54, 1.807) is 27.7 Å². The number of carbonyl (C=O) groups excluding carboxylic acids is 5. The Labute approximate surface area is 219 Å². The summed E-state index contributed by atoms with van der Waals surface area (Å²) in [6.07, 6.45) is -0.194. The number of anilines is 1. The largest absolute Gasteiger partial charge is 0.465 e. The molecular weight excluding hydrogens is 506 g/mol. The van der Waals surface area contributed by atoms with Crippen molar-refractivity contribution in [3.63, 3.8) is 0 Å². The van der Waals surface area contributed by atoms with Gasteiger partial charge >= 0.3 is 24.0 Å². The van der Waals surface area contributed by atoms with Crippen LogP contribution < -0.4 is 4.90 Å². The van der Waals surface area contributed by atoms with E-state index < -0.39 is 52.8 Å². The smallest absolute Gasteiger partial charge is 0.421 e. The van der Waals surface area contributed by atoms with Crippen LogP contribution in [-0.2, 0) is 43.5 Å². The van der Waals surface area contributed by atoms with Crippen LogP contribution in [0.3, 0.4) is 0 Å². The van der Waals surface area contributed by atoms with Gasteiger partial charge in [0.15, 0.2) is 5.41 Å². The van der Waals surface area contributed by atoms with Gasteiger partial charge in [-0.1, -0.05) is 17.7 Å². The van der Waals surface area contributed by atoms with Gasteiger partial charge in [-0.15, -0.1) is 0 Å². The summed E-state index contributed by atoms with van der Waals surface area (Å²) in [6.45, 7) is 9.18. The number of allylic oxidation sites excluding steroid dienone is 1. The third-order valence-corrected chi connectivity index (χ3v) is 6.34. The zero-order chi connectivity index (χ0) is 27.8. The van der Waals surface area contributed by atoms with Crippen molar-refractivity contribution in [1.29, 1.82) is 0 Å². The van der Waals surface area contributed by atoms with Gasteiger partial charge in [-0.25, -0.2) is 14.5 Å². The van der Waals surface area contributed by atoms with Gasteiger partial charge in [-0.2, -0.15) is 0 Å². The molecule has 0 saturated carbocycles. The average molecular weight is 536 g/mol. The van der Waals surface area contributed by atoms with E-state index in [0.29, 0.717) is 4.90 Å². The van der Waals surface area contributed by atoms with Gasteiger partial charge in [0.05, 0.1) is 31.1 Å². The van der Waals surface area contributed by atoms with Crippen molar-refractivity contribution >= 4 is 47.2 Å². The third-order valence-electron chi connectivity index (χ3n) is 6.10. The van der Waals surface area contributed by atoms with Crippen molar-refractivity contribution < 1.29 is 42.9 Å². The Bertz CT molecular complexity index is 1160. The number of benzene rings is 1. The SMILES string of the molecule is CCOC(=O)C1=CCC(C(=O)OCC)(C(=O)OCC)[C@@]12C(=O)N(C(=O)OC(C)(C)C)c1ccc(Cl)cc12. The molecule has 1 aromatic rings. The molecule has 0 unspecified atom stereocenters. The van der Waals surface area contributed by atoms with Crippen LogP contribution in [0.25, 0.3) is 0 Å². The monoisotopic (exact) mass is 535 g/mol. The summed E-state index contributed by atoms with van der Waals surface area (Å²) in [5.41, 5.74) is -6.06. The third kappa shape index (κ3) is 4.27. The predicted molar refractivity (Wildman–Crippen MR) is 132 cm³/mol. The molecule has 0 saturated heterocycles. The molecule has 1 aliphatic carbocycles. The molecule has 1 atom stereocenters. The molecule has 2 aliphatic rings. The zero-order valence-corrected chi connectivity index (χ0v) is 22.4. The van der Waals surface area contributed by atoms with Crippen LogP contribution >= 0.6 is 11.6 Å². The number of nitrogens with zero attached hydrogens (tertiary/aromatic N) is 1. The van der Waals surface area contributed by atoms with E-state index in [2.05, 4.69) is 0 Å². The van der Waals surface area contributed by atoms with E-state index in [1.807, 2.05) is 0 Å². The number of imide groups is 1. The molecule has 0 radical (unpaired) electrons. The molecule has 0 fully saturated rings. The van der Waals surface area contributed by atoms with Gasteiger partial charge < -0.3 is 18.9 Å². The van der Waals surface area contributed by atoms with E-state index in [9.17, 15) is 24.0 Å². The number of ether oxygens (including phenoxy) is 4. The molecule has 2 amide bonds. The highest BCUT2D eigenvalue weighted by Gasteiger charge is 2.77. The maximum absolute atomic E-state index is 14.5. The first-order valence-corrected chi connectivity index (χ1v) is 12.3. The van der Waals surface area contributed by atoms with E-state index in [-0.39, 0.29) is 41.7 Å². The number of hydrogen-bond donors (Lipinski definition) is 0. The minimum absolute atomic E-state index is 0.00118. The van der Waals surface area contributed by atoms with Gasteiger partial charge in [-0.3, -0.25) is 14.4 Å². The standard InChI is InChI=1S/C26H30ClNO9/c1-7-34-19(29)16-12-13-25(21(31)35-8-2,22(32)36-9-3)26(16)17-14-15(27)10-11-18(17)28(20(26)30)23(33)37-24(4,5)6/h10-12,14H,7-9,13H2,1-6H3/t26-/m0/s1. The van der Waals surface area contributed by atoms with E-state index in [0.717, 1.165) is 0 Å².